The molecule has 92 valence electrons. The Morgan fingerprint density at radius 3 is 2.50 bits per heavy atom. The Bertz CT molecular complexity index is 575. The summed E-state index contributed by atoms with van der Waals surface area (Å²) < 4.78 is 5.64. The molecule has 0 aliphatic carbocycles. The fraction of sp³-hybridized carbons (Fsp3) is 0.154. The third-order valence-corrected chi connectivity index (χ3v) is 2.39. The number of benzene rings is 1. The second-order valence-electron chi connectivity index (χ2n) is 4.09. The smallest absolute Gasteiger partial charge is 0.249 e. The Hall–Kier alpha value is -2.43. The summed E-state index contributed by atoms with van der Waals surface area (Å²) >= 11 is 0. The van der Waals surface area contributed by atoms with Crippen molar-refractivity contribution < 1.29 is 4.74 Å². The number of ether oxygens (including phenoxy) is 1. The van der Waals surface area contributed by atoms with E-state index in [1.165, 1.54) is 6.20 Å². The molecule has 0 spiro atoms. The molecule has 0 unspecified atom stereocenters. The van der Waals surface area contributed by atoms with Crippen LogP contribution < -0.4 is 10.5 Å². The van der Waals surface area contributed by atoms with Crippen molar-refractivity contribution >= 4 is 5.84 Å². The van der Waals surface area contributed by atoms with Gasteiger partial charge in [0.15, 0.2) is 0 Å². The van der Waals surface area contributed by atoms with Crippen LogP contribution in [0.2, 0.25) is 0 Å². The van der Waals surface area contributed by atoms with Crippen molar-refractivity contribution in [3.63, 3.8) is 0 Å². The topological polar surface area (TPSA) is 84.9 Å². The molecule has 1 aromatic carbocycles. The van der Waals surface area contributed by atoms with Crippen molar-refractivity contribution in [1.82, 2.24) is 10.2 Å². The molecule has 2 rings (SSSR count). The van der Waals surface area contributed by atoms with E-state index in [4.69, 9.17) is 15.9 Å². The van der Waals surface area contributed by atoms with Crippen molar-refractivity contribution in [2.45, 2.75) is 13.8 Å². The minimum Gasteiger partial charge on any atom is -0.437 e. The minimum atomic E-state index is -0.0933. The van der Waals surface area contributed by atoms with Gasteiger partial charge in [-0.3, -0.25) is 5.41 Å². The Morgan fingerprint density at radius 1 is 1.22 bits per heavy atom. The van der Waals surface area contributed by atoms with E-state index in [1.807, 2.05) is 26.0 Å². The van der Waals surface area contributed by atoms with Crippen LogP contribution in [0.15, 0.2) is 30.5 Å². The van der Waals surface area contributed by atoms with Crippen LogP contribution in [0.5, 0.6) is 11.6 Å². The maximum absolute atomic E-state index is 7.46. The molecular weight excluding hydrogens is 228 g/mol. The Kier molecular flexibility index (Phi) is 3.23. The van der Waals surface area contributed by atoms with E-state index in [2.05, 4.69) is 16.3 Å². The summed E-state index contributed by atoms with van der Waals surface area (Å²) in [6.45, 7) is 3.98. The summed E-state index contributed by atoms with van der Waals surface area (Å²) in [5.74, 6) is 0.815. The van der Waals surface area contributed by atoms with Gasteiger partial charge in [0, 0.05) is 0 Å². The molecule has 0 amide bonds. The lowest BCUT2D eigenvalue weighted by Crippen LogP contribution is -2.13. The summed E-state index contributed by atoms with van der Waals surface area (Å²) in [5, 5.41) is 15.1. The van der Waals surface area contributed by atoms with Crippen LogP contribution in [-0.2, 0) is 0 Å². The Balaban J connectivity index is 2.37. The van der Waals surface area contributed by atoms with E-state index >= 15 is 0 Å². The van der Waals surface area contributed by atoms with Crippen LogP contribution in [-0.4, -0.2) is 16.0 Å². The lowest BCUT2D eigenvalue weighted by Gasteiger charge is -2.09. The standard InChI is InChI=1S/C13H14N4O/c1-8-5-9(2)7-10(6-8)18-13-11(12(14)15)3-4-16-17-13/h3-7H,1-2H3,(H3,14,15). The van der Waals surface area contributed by atoms with Crippen molar-refractivity contribution in [1.29, 1.82) is 5.41 Å². The highest BCUT2D eigenvalue weighted by Crippen LogP contribution is 2.24. The zero-order chi connectivity index (χ0) is 13.1. The van der Waals surface area contributed by atoms with E-state index in [0.717, 1.165) is 11.1 Å². The average Bonchev–Trinajstić information content (AvgIpc) is 2.27. The van der Waals surface area contributed by atoms with Crippen LogP contribution >= 0.6 is 0 Å². The summed E-state index contributed by atoms with van der Waals surface area (Å²) in [6, 6.07) is 7.44. The van der Waals surface area contributed by atoms with Crippen molar-refractivity contribution in [2.24, 2.45) is 5.73 Å². The van der Waals surface area contributed by atoms with Gasteiger partial charge in [-0.15, -0.1) is 5.10 Å². The number of nitrogen functional groups attached to an aromatic ring is 1. The zero-order valence-electron chi connectivity index (χ0n) is 10.3. The molecule has 0 saturated carbocycles. The van der Waals surface area contributed by atoms with Crippen LogP contribution in [0.3, 0.4) is 0 Å². The van der Waals surface area contributed by atoms with E-state index < -0.39 is 0 Å². The highest BCUT2D eigenvalue weighted by molar-refractivity contribution is 5.96. The van der Waals surface area contributed by atoms with Gasteiger partial charge in [-0.25, -0.2) is 0 Å². The molecule has 5 nitrogen and oxygen atoms in total. The maximum atomic E-state index is 7.46. The molecule has 0 saturated heterocycles. The number of hydrogen-bond donors (Lipinski definition) is 2. The highest BCUT2D eigenvalue weighted by atomic mass is 16.5. The summed E-state index contributed by atoms with van der Waals surface area (Å²) in [6.07, 6.45) is 1.48. The van der Waals surface area contributed by atoms with E-state index in [0.29, 0.717) is 11.3 Å². The molecule has 0 aliphatic rings. The first kappa shape index (κ1) is 12.0. The van der Waals surface area contributed by atoms with Gasteiger partial charge in [0.1, 0.15) is 11.6 Å². The number of aryl methyl sites for hydroxylation is 2. The van der Waals surface area contributed by atoms with Crippen molar-refractivity contribution in [3.05, 3.63) is 47.2 Å². The molecule has 2 aromatic rings. The van der Waals surface area contributed by atoms with Gasteiger partial charge in [0.05, 0.1) is 11.8 Å². The van der Waals surface area contributed by atoms with Gasteiger partial charge < -0.3 is 10.5 Å². The minimum absolute atomic E-state index is 0.0933. The van der Waals surface area contributed by atoms with Crippen LogP contribution in [0, 0.1) is 19.3 Å². The predicted molar refractivity (Wildman–Crippen MR) is 69.0 cm³/mol. The predicted octanol–water partition coefficient (Wildman–Crippen LogP) is 2.17. The molecular formula is C13H14N4O. The average molecular weight is 242 g/mol. The normalized spacial score (nSPS) is 10.1. The van der Waals surface area contributed by atoms with E-state index in [-0.39, 0.29) is 11.7 Å². The molecule has 0 atom stereocenters. The molecule has 0 bridgehead atoms. The summed E-state index contributed by atoms with van der Waals surface area (Å²) in [4.78, 5) is 0. The summed E-state index contributed by atoms with van der Waals surface area (Å²) in [7, 11) is 0. The Labute approximate surface area is 105 Å². The Morgan fingerprint density at radius 2 is 1.89 bits per heavy atom. The number of amidine groups is 1. The van der Waals surface area contributed by atoms with Gasteiger partial charge >= 0.3 is 0 Å². The summed E-state index contributed by atoms with van der Waals surface area (Å²) in [5.41, 5.74) is 8.09. The van der Waals surface area contributed by atoms with Crippen molar-refractivity contribution in [2.75, 3.05) is 0 Å². The first-order valence-corrected chi connectivity index (χ1v) is 5.48. The van der Waals surface area contributed by atoms with Crippen molar-refractivity contribution in [3.8, 4) is 11.6 Å². The first-order chi connectivity index (χ1) is 8.56. The molecule has 0 fully saturated rings. The molecule has 1 heterocycles. The fourth-order valence-electron chi connectivity index (χ4n) is 1.70. The first-order valence-electron chi connectivity index (χ1n) is 5.48. The number of rotatable bonds is 3. The fourth-order valence-corrected chi connectivity index (χ4v) is 1.70. The van der Waals surface area contributed by atoms with Crippen LogP contribution in [0.1, 0.15) is 16.7 Å². The zero-order valence-corrected chi connectivity index (χ0v) is 10.3. The lowest BCUT2D eigenvalue weighted by atomic mass is 10.1. The lowest BCUT2D eigenvalue weighted by molar-refractivity contribution is 0.453. The van der Waals surface area contributed by atoms with Gasteiger partial charge in [-0.1, -0.05) is 6.07 Å². The SMILES string of the molecule is Cc1cc(C)cc(Oc2nnccc2C(=N)N)c1. The van der Waals surface area contributed by atoms with Gasteiger partial charge in [-0.2, -0.15) is 5.10 Å². The number of hydrogen-bond acceptors (Lipinski definition) is 4. The number of nitrogens with zero attached hydrogens (tertiary/aromatic N) is 2. The molecule has 5 heteroatoms. The van der Waals surface area contributed by atoms with E-state index in [9.17, 15) is 0 Å². The molecule has 0 aliphatic heterocycles. The monoisotopic (exact) mass is 242 g/mol. The van der Waals surface area contributed by atoms with Crippen LogP contribution in [0.4, 0.5) is 0 Å². The third kappa shape index (κ3) is 2.63. The largest absolute Gasteiger partial charge is 0.437 e. The second-order valence-corrected chi connectivity index (χ2v) is 4.09. The quantitative estimate of drug-likeness (QED) is 0.638. The highest BCUT2D eigenvalue weighted by Gasteiger charge is 2.09. The molecule has 3 N–H and O–H groups in total. The van der Waals surface area contributed by atoms with Gasteiger partial charge in [-0.05, 0) is 43.2 Å². The molecule has 1 aromatic heterocycles. The van der Waals surface area contributed by atoms with Gasteiger partial charge in [0.25, 0.3) is 0 Å². The maximum Gasteiger partial charge on any atom is 0.249 e. The number of nitrogens with two attached hydrogens (primary N) is 1. The van der Waals surface area contributed by atoms with Gasteiger partial charge in [0.2, 0.25) is 5.88 Å². The third-order valence-electron chi connectivity index (χ3n) is 2.39. The number of aromatic nitrogens is 2. The molecule has 0 radical (unpaired) electrons. The van der Waals surface area contributed by atoms with E-state index in [1.54, 1.807) is 6.07 Å². The second kappa shape index (κ2) is 4.83. The van der Waals surface area contributed by atoms with Crippen LogP contribution in [0.25, 0.3) is 0 Å². The molecule has 18 heavy (non-hydrogen) atoms. The number of nitrogens with one attached hydrogen (secondary N) is 1.